The number of nitrogens with zero attached hydrogens (tertiary/aromatic N) is 7. The molecule has 1 saturated heterocycles. The molecule has 116 valence electrons. The van der Waals surface area contributed by atoms with Crippen LogP contribution in [0.25, 0.3) is 21.6 Å². The fraction of sp³-hybridized carbons (Fsp3) is 0.545. The molecule has 1 fully saturated rings. The lowest BCUT2D eigenvalue weighted by Gasteiger charge is -2.14. The second-order valence-corrected chi connectivity index (χ2v) is 4.73. The highest BCUT2D eigenvalue weighted by Gasteiger charge is 2.36. The molecule has 11 nitrogen and oxygen atoms in total. The van der Waals surface area contributed by atoms with Gasteiger partial charge in [-0.05, 0) is 5.53 Å². The molecule has 3 rings (SSSR count). The molecule has 0 spiro atoms. The summed E-state index contributed by atoms with van der Waals surface area (Å²) in [5.74, 6) is 0.318. The summed E-state index contributed by atoms with van der Waals surface area (Å²) in [5.41, 5.74) is 15.1. The van der Waals surface area contributed by atoms with Gasteiger partial charge in [-0.25, -0.2) is 4.98 Å². The van der Waals surface area contributed by atoms with Crippen LogP contribution in [0.5, 0.6) is 5.88 Å². The molecule has 0 radical (unpaired) electrons. The van der Waals surface area contributed by atoms with Crippen LogP contribution in [0.3, 0.4) is 0 Å². The van der Waals surface area contributed by atoms with Crippen LogP contribution in [0.15, 0.2) is 11.4 Å². The zero-order valence-corrected chi connectivity index (χ0v) is 11.7. The highest BCUT2D eigenvalue weighted by Crippen LogP contribution is 2.33. The summed E-state index contributed by atoms with van der Waals surface area (Å²) in [6, 6.07) is -0.460. The predicted octanol–water partition coefficient (Wildman–Crippen LogP) is 0.376. The van der Waals surface area contributed by atoms with Gasteiger partial charge in [0.25, 0.3) is 0 Å². The molecule has 0 saturated carbocycles. The minimum atomic E-state index is -0.570. The third-order valence-corrected chi connectivity index (χ3v) is 3.49. The fourth-order valence-corrected chi connectivity index (χ4v) is 2.50. The maximum Gasteiger partial charge on any atom is 0.246 e. The van der Waals surface area contributed by atoms with Crippen LogP contribution in [0, 0.1) is 0 Å². The van der Waals surface area contributed by atoms with E-state index in [1.54, 1.807) is 4.57 Å². The van der Waals surface area contributed by atoms with E-state index in [1.165, 1.54) is 13.4 Å². The third kappa shape index (κ3) is 2.26. The number of ether oxygens (including phenoxy) is 2. The molecule has 0 aliphatic carbocycles. The SMILES string of the molecule is COc1nc(N)nc2c1ncn2[C@@H]1CC(N=[N+]=[N-])[C@H](CO)O1. The molecule has 0 aromatic carbocycles. The van der Waals surface area contributed by atoms with Gasteiger partial charge < -0.3 is 20.3 Å². The zero-order valence-electron chi connectivity index (χ0n) is 11.7. The van der Waals surface area contributed by atoms with E-state index in [2.05, 4.69) is 25.0 Å². The van der Waals surface area contributed by atoms with Gasteiger partial charge in [-0.1, -0.05) is 5.11 Å². The first-order valence-corrected chi connectivity index (χ1v) is 6.52. The molecule has 0 amide bonds. The Morgan fingerprint density at radius 3 is 3.14 bits per heavy atom. The summed E-state index contributed by atoms with van der Waals surface area (Å²) in [4.78, 5) is 15.1. The Labute approximate surface area is 124 Å². The van der Waals surface area contributed by atoms with E-state index >= 15 is 0 Å². The van der Waals surface area contributed by atoms with Crippen LogP contribution in [-0.2, 0) is 4.74 Å². The van der Waals surface area contributed by atoms with Gasteiger partial charge in [-0.15, -0.1) is 0 Å². The molecule has 3 atom stereocenters. The average molecular weight is 306 g/mol. The second kappa shape index (κ2) is 5.64. The number of azide groups is 1. The number of aromatic nitrogens is 4. The Balaban J connectivity index is 2.01. The Kier molecular flexibility index (Phi) is 3.67. The maximum absolute atomic E-state index is 9.32. The number of nitrogens with two attached hydrogens (primary N) is 1. The van der Waals surface area contributed by atoms with Gasteiger partial charge in [0.05, 0.1) is 32.2 Å². The second-order valence-electron chi connectivity index (χ2n) is 4.73. The average Bonchev–Trinajstić information content (AvgIpc) is 3.10. The summed E-state index contributed by atoms with van der Waals surface area (Å²) in [6.07, 6.45) is 0.877. The van der Waals surface area contributed by atoms with Crippen molar-refractivity contribution in [2.24, 2.45) is 5.11 Å². The van der Waals surface area contributed by atoms with Crippen molar-refractivity contribution >= 4 is 17.1 Å². The number of anilines is 1. The van der Waals surface area contributed by atoms with Gasteiger partial charge in [0.15, 0.2) is 11.2 Å². The quantitative estimate of drug-likeness (QED) is 0.469. The summed E-state index contributed by atoms with van der Waals surface area (Å²) in [7, 11) is 1.46. The van der Waals surface area contributed by atoms with Crippen molar-refractivity contribution in [3.8, 4) is 5.88 Å². The summed E-state index contributed by atoms with van der Waals surface area (Å²) in [5, 5.41) is 13.0. The molecular weight excluding hydrogens is 292 g/mol. The van der Waals surface area contributed by atoms with Gasteiger partial charge in [0, 0.05) is 11.3 Å². The molecular formula is C11H14N8O3. The van der Waals surface area contributed by atoms with E-state index < -0.39 is 18.4 Å². The molecule has 1 aliphatic heterocycles. The lowest BCUT2D eigenvalue weighted by Crippen LogP contribution is -2.22. The summed E-state index contributed by atoms with van der Waals surface area (Å²) < 4.78 is 12.5. The number of methoxy groups -OCH3 is 1. The van der Waals surface area contributed by atoms with Gasteiger partial charge in [0.1, 0.15) is 6.23 Å². The highest BCUT2D eigenvalue weighted by atomic mass is 16.5. The number of imidazole rings is 1. The third-order valence-electron chi connectivity index (χ3n) is 3.49. The van der Waals surface area contributed by atoms with Crippen LogP contribution in [-0.4, -0.2) is 50.5 Å². The molecule has 11 heteroatoms. The molecule has 1 aliphatic rings. The smallest absolute Gasteiger partial charge is 0.246 e. The van der Waals surface area contributed by atoms with Crippen molar-refractivity contribution < 1.29 is 14.6 Å². The Morgan fingerprint density at radius 1 is 1.64 bits per heavy atom. The number of aliphatic hydroxyl groups is 1. The summed E-state index contributed by atoms with van der Waals surface area (Å²) in [6.45, 7) is -0.243. The number of nitrogen functional groups attached to an aromatic ring is 1. The minimum Gasteiger partial charge on any atom is -0.479 e. The van der Waals surface area contributed by atoms with Crippen LogP contribution in [0.4, 0.5) is 5.95 Å². The number of hydrogen-bond acceptors (Lipinski definition) is 8. The first kappa shape index (κ1) is 14.3. The monoisotopic (exact) mass is 306 g/mol. The topological polar surface area (TPSA) is 157 Å². The van der Waals surface area contributed by atoms with Crippen molar-refractivity contribution in [1.29, 1.82) is 0 Å². The van der Waals surface area contributed by atoms with Crippen molar-refractivity contribution in [3.63, 3.8) is 0 Å². The van der Waals surface area contributed by atoms with Gasteiger partial charge in [0.2, 0.25) is 11.8 Å². The maximum atomic E-state index is 9.32. The van der Waals surface area contributed by atoms with Gasteiger partial charge >= 0.3 is 0 Å². The summed E-state index contributed by atoms with van der Waals surface area (Å²) >= 11 is 0. The first-order valence-electron chi connectivity index (χ1n) is 6.52. The van der Waals surface area contributed by atoms with Crippen LogP contribution < -0.4 is 10.5 Å². The Morgan fingerprint density at radius 2 is 2.45 bits per heavy atom. The molecule has 0 bridgehead atoms. The molecule has 2 aromatic rings. The van der Waals surface area contributed by atoms with Gasteiger partial charge in [-0.2, -0.15) is 9.97 Å². The Hall–Kier alpha value is -2.62. The fourth-order valence-electron chi connectivity index (χ4n) is 2.50. The number of rotatable bonds is 4. The van der Waals surface area contributed by atoms with Crippen molar-refractivity contribution in [1.82, 2.24) is 19.5 Å². The minimum absolute atomic E-state index is 0.0504. The highest BCUT2D eigenvalue weighted by molar-refractivity contribution is 5.77. The standard InChI is InChI=1S/C11H14N8O3/c1-21-10-8-9(15-11(12)16-10)19(4-14-8)7-2-5(17-18-13)6(3-20)22-7/h4-7,20H,2-3H2,1H3,(H2,12,15,16)/t5?,6-,7-/m0/s1. The van der Waals surface area contributed by atoms with E-state index in [1.807, 2.05) is 0 Å². The largest absolute Gasteiger partial charge is 0.479 e. The lowest BCUT2D eigenvalue weighted by atomic mass is 10.1. The Bertz CT molecular complexity index is 740. The van der Waals surface area contributed by atoms with Crippen LogP contribution in [0.1, 0.15) is 12.6 Å². The first-order chi connectivity index (χ1) is 10.7. The molecule has 22 heavy (non-hydrogen) atoms. The number of aliphatic hydroxyl groups excluding tert-OH is 1. The molecule has 1 unspecified atom stereocenters. The zero-order chi connectivity index (χ0) is 15.7. The van der Waals surface area contributed by atoms with E-state index in [9.17, 15) is 5.11 Å². The molecule has 2 aromatic heterocycles. The van der Waals surface area contributed by atoms with Crippen LogP contribution in [0.2, 0.25) is 0 Å². The van der Waals surface area contributed by atoms with E-state index in [0.717, 1.165) is 0 Å². The predicted molar refractivity (Wildman–Crippen MR) is 74.8 cm³/mol. The van der Waals surface area contributed by atoms with E-state index in [4.69, 9.17) is 20.7 Å². The van der Waals surface area contributed by atoms with Crippen molar-refractivity contribution in [2.75, 3.05) is 19.5 Å². The lowest BCUT2D eigenvalue weighted by molar-refractivity contribution is -0.0232. The van der Waals surface area contributed by atoms with Crippen LogP contribution >= 0.6 is 0 Å². The van der Waals surface area contributed by atoms with E-state index in [-0.39, 0.29) is 18.4 Å². The van der Waals surface area contributed by atoms with Crippen molar-refractivity contribution in [3.05, 3.63) is 16.8 Å². The molecule has 3 heterocycles. The molecule has 3 N–H and O–H groups in total. The van der Waals surface area contributed by atoms with E-state index in [0.29, 0.717) is 17.6 Å². The normalized spacial score (nSPS) is 24.4. The van der Waals surface area contributed by atoms with Crippen molar-refractivity contribution in [2.45, 2.75) is 24.8 Å². The van der Waals surface area contributed by atoms with Gasteiger partial charge in [-0.3, -0.25) is 4.57 Å². The number of hydrogen-bond donors (Lipinski definition) is 2. The number of fused-ring (bicyclic) bond motifs is 1.